The number of hydrogen-bond acceptors (Lipinski definition) is 8. The predicted octanol–water partition coefficient (Wildman–Crippen LogP) is 2.90. The smallest absolute Gasteiger partial charge is 0.331 e. The van der Waals surface area contributed by atoms with Gasteiger partial charge >= 0.3 is 5.97 Å². The monoisotopic (exact) mass is 410 g/mol. The number of hydrogen-bond donors (Lipinski definition) is 0. The second-order valence-corrected chi connectivity index (χ2v) is 6.56. The minimum Gasteiger partial charge on any atom is -0.454 e. The van der Waals surface area contributed by atoms with E-state index in [1.54, 1.807) is 24.3 Å². The number of carbonyl (C=O) groups is 1. The summed E-state index contributed by atoms with van der Waals surface area (Å²) in [5, 5.41) is 15.5. The third kappa shape index (κ3) is 4.64. The lowest BCUT2D eigenvalue weighted by Gasteiger charge is -2.14. The summed E-state index contributed by atoms with van der Waals surface area (Å²) in [4.78, 5) is 16.9. The molecule has 0 amide bonds. The van der Waals surface area contributed by atoms with Crippen LogP contribution in [0.2, 0.25) is 5.02 Å². The zero-order valence-electron chi connectivity index (χ0n) is 15.1. The molecule has 0 bridgehead atoms. The topological polar surface area (TPSA) is 109 Å². The van der Waals surface area contributed by atoms with E-state index >= 15 is 0 Å². The van der Waals surface area contributed by atoms with Gasteiger partial charge in [0.05, 0.1) is 0 Å². The first-order valence-electron chi connectivity index (χ1n) is 8.70. The van der Waals surface area contributed by atoms with Gasteiger partial charge in [-0.3, -0.25) is 0 Å². The highest BCUT2D eigenvalue weighted by Crippen LogP contribution is 2.21. The number of benzene rings is 2. The van der Waals surface area contributed by atoms with Crippen LogP contribution in [0.3, 0.4) is 0 Å². The Morgan fingerprint density at radius 2 is 2.03 bits per heavy atom. The first-order chi connectivity index (χ1) is 14.2. The van der Waals surface area contributed by atoms with Crippen molar-refractivity contribution in [1.29, 1.82) is 0 Å². The maximum absolute atomic E-state index is 12.7. The first kappa shape index (κ1) is 18.8. The lowest BCUT2D eigenvalue weighted by atomic mass is 10.1. The molecule has 2 heterocycles. The van der Waals surface area contributed by atoms with Crippen LogP contribution < -0.4 is 0 Å². The summed E-state index contributed by atoms with van der Waals surface area (Å²) in [6, 6.07) is 15.9. The lowest BCUT2D eigenvalue weighted by Crippen LogP contribution is -2.24. The summed E-state index contributed by atoms with van der Waals surface area (Å²) in [5.74, 6) is 0.0204. The number of rotatable bonds is 7. The maximum atomic E-state index is 12.7. The summed E-state index contributed by atoms with van der Waals surface area (Å²) in [6.07, 6.45) is 1.75. The molecule has 9 nitrogen and oxygen atoms in total. The van der Waals surface area contributed by atoms with E-state index in [2.05, 4.69) is 25.7 Å². The molecule has 146 valence electrons. The third-order valence-corrected chi connectivity index (χ3v) is 4.35. The zero-order chi connectivity index (χ0) is 20.1. The van der Waals surface area contributed by atoms with Gasteiger partial charge in [0, 0.05) is 17.0 Å². The number of tetrazole rings is 1. The molecule has 0 aliphatic carbocycles. The molecule has 2 aromatic heterocycles. The van der Waals surface area contributed by atoms with Crippen LogP contribution in [-0.2, 0) is 22.6 Å². The van der Waals surface area contributed by atoms with Crippen molar-refractivity contribution < 1.29 is 14.1 Å². The minimum absolute atomic E-state index is 0.167. The summed E-state index contributed by atoms with van der Waals surface area (Å²) in [7, 11) is 0. The molecule has 4 aromatic rings. The second-order valence-electron chi connectivity index (χ2n) is 6.13. The van der Waals surface area contributed by atoms with Crippen LogP contribution in [0.1, 0.15) is 17.5 Å². The lowest BCUT2D eigenvalue weighted by molar-refractivity contribution is -0.150. The molecule has 0 radical (unpaired) electrons. The molecule has 0 saturated heterocycles. The van der Waals surface area contributed by atoms with Crippen molar-refractivity contribution in [1.82, 2.24) is 30.3 Å². The van der Waals surface area contributed by atoms with E-state index in [1.165, 1.54) is 11.0 Å². The van der Waals surface area contributed by atoms with Crippen molar-refractivity contribution >= 4 is 17.6 Å². The fourth-order valence-electron chi connectivity index (χ4n) is 2.72. The Bertz CT molecular complexity index is 1080. The maximum Gasteiger partial charge on any atom is 0.331 e. The molecule has 0 fully saturated rings. The zero-order valence-corrected chi connectivity index (χ0v) is 15.8. The molecule has 29 heavy (non-hydrogen) atoms. The number of esters is 1. The molecular formula is C19H15ClN6O3. The summed E-state index contributed by atoms with van der Waals surface area (Å²) >= 11 is 5.98. The highest BCUT2D eigenvalue weighted by Gasteiger charge is 2.25. The third-order valence-electron chi connectivity index (χ3n) is 4.12. The van der Waals surface area contributed by atoms with Gasteiger partial charge in [-0.2, -0.15) is 4.98 Å². The number of nitrogens with zero attached hydrogens (tertiary/aromatic N) is 6. The van der Waals surface area contributed by atoms with Crippen molar-refractivity contribution in [2.24, 2.45) is 0 Å². The molecule has 0 N–H and O–H groups in total. The van der Waals surface area contributed by atoms with Crippen LogP contribution in [0, 0.1) is 0 Å². The van der Waals surface area contributed by atoms with Crippen LogP contribution in [0.15, 0.2) is 65.4 Å². The Hall–Kier alpha value is -3.59. The van der Waals surface area contributed by atoms with Crippen molar-refractivity contribution in [3.63, 3.8) is 0 Å². The number of aromatic nitrogens is 6. The second kappa shape index (κ2) is 8.61. The molecule has 2 aromatic carbocycles. The van der Waals surface area contributed by atoms with E-state index in [-0.39, 0.29) is 12.5 Å². The largest absolute Gasteiger partial charge is 0.454 e. The highest BCUT2D eigenvalue weighted by molar-refractivity contribution is 6.30. The molecule has 4 rings (SSSR count). The highest BCUT2D eigenvalue weighted by atomic mass is 35.5. The van der Waals surface area contributed by atoms with Crippen LogP contribution in [-0.4, -0.2) is 36.3 Å². The van der Waals surface area contributed by atoms with Gasteiger partial charge in [0.25, 0.3) is 5.89 Å². The molecule has 0 unspecified atom stereocenters. The number of ether oxygens (including phenoxy) is 1. The van der Waals surface area contributed by atoms with Gasteiger partial charge in [0.2, 0.25) is 5.82 Å². The summed E-state index contributed by atoms with van der Waals surface area (Å²) in [5.41, 5.74) is 1.65. The van der Waals surface area contributed by atoms with Crippen molar-refractivity contribution in [3.8, 4) is 11.4 Å². The first-order valence-corrected chi connectivity index (χ1v) is 9.08. The van der Waals surface area contributed by atoms with Gasteiger partial charge < -0.3 is 9.26 Å². The van der Waals surface area contributed by atoms with Gasteiger partial charge in [0.1, 0.15) is 6.33 Å². The van der Waals surface area contributed by atoms with E-state index in [0.717, 1.165) is 5.56 Å². The Kier molecular flexibility index (Phi) is 5.57. The molecular weight excluding hydrogens is 396 g/mol. The van der Waals surface area contributed by atoms with Crippen molar-refractivity contribution in [3.05, 3.63) is 77.4 Å². The van der Waals surface area contributed by atoms with E-state index in [1.807, 2.05) is 30.3 Å². The molecule has 0 aliphatic rings. The number of carbonyl (C=O) groups excluding carboxylic acids is 1. The van der Waals surface area contributed by atoms with E-state index in [4.69, 9.17) is 20.9 Å². The SMILES string of the molecule is O=C(OCc1nc(-c2cccc(Cl)c2)no1)[C@@H](Cc1ccccc1)n1cnnn1. The Morgan fingerprint density at radius 3 is 2.79 bits per heavy atom. The predicted molar refractivity (Wildman–Crippen MR) is 102 cm³/mol. The van der Waals surface area contributed by atoms with Crippen LogP contribution in [0.5, 0.6) is 0 Å². The van der Waals surface area contributed by atoms with Crippen LogP contribution in [0.25, 0.3) is 11.4 Å². The Labute approximate surface area is 170 Å². The Morgan fingerprint density at radius 1 is 1.17 bits per heavy atom. The molecule has 1 atom stereocenters. The van der Waals surface area contributed by atoms with E-state index < -0.39 is 12.0 Å². The van der Waals surface area contributed by atoms with E-state index in [0.29, 0.717) is 22.8 Å². The standard InChI is InChI=1S/C19H15ClN6O3/c20-15-8-4-7-14(10-15)18-22-17(29-23-18)11-28-19(27)16(26-12-21-24-25-26)9-13-5-2-1-3-6-13/h1-8,10,12,16H,9,11H2/t16-/m1/s1. The van der Waals surface area contributed by atoms with Gasteiger partial charge in [-0.15, -0.1) is 5.10 Å². The van der Waals surface area contributed by atoms with Gasteiger partial charge in [0.15, 0.2) is 12.6 Å². The molecule has 10 heteroatoms. The molecule has 0 spiro atoms. The van der Waals surface area contributed by atoms with E-state index in [9.17, 15) is 4.79 Å². The van der Waals surface area contributed by atoms with Crippen LogP contribution in [0.4, 0.5) is 0 Å². The van der Waals surface area contributed by atoms with Crippen molar-refractivity contribution in [2.75, 3.05) is 0 Å². The molecule has 0 saturated carbocycles. The fraction of sp³-hybridized carbons (Fsp3) is 0.158. The van der Waals surface area contributed by atoms with Gasteiger partial charge in [-0.05, 0) is 28.1 Å². The number of halogens is 1. The minimum atomic E-state index is -0.720. The van der Waals surface area contributed by atoms with Crippen molar-refractivity contribution in [2.45, 2.75) is 19.1 Å². The summed E-state index contributed by atoms with van der Waals surface area (Å²) < 4.78 is 11.9. The average Bonchev–Trinajstić information content (AvgIpc) is 3.43. The fourth-order valence-corrected chi connectivity index (χ4v) is 2.91. The molecule has 0 aliphatic heterocycles. The van der Waals surface area contributed by atoms with Gasteiger partial charge in [-0.25, -0.2) is 9.48 Å². The van der Waals surface area contributed by atoms with Crippen LogP contribution >= 0.6 is 11.6 Å². The Balaban J connectivity index is 1.44. The normalized spacial score (nSPS) is 11.9. The summed E-state index contributed by atoms with van der Waals surface area (Å²) in [6.45, 7) is -0.167. The quantitative estimate of drug-likeness (QED) is 0.428. The average molecular weight is 411 g/mol. The van der Waals surface area contributed by atoms with Gasteiger partial charge in [-0.1, -0.05) is 59.2 Å².